The van der Waals surface area contributed by atoms with Gasteiger partial charge in [0.15, 0.2) is 11.6 Å². The monoisotopic (exact) mass is 244 g/mol. The van der Waals surface area contributed by atoms with E-state index in [2.05, 4.69) is 26.1 Å². The molecule has 0 atom stereocenters. The summed E-state index contributed by atoms with van der Waals surface area (Å²) in [5, 5.41) is 7.39. The third-order valence-electron chi connectivity index (χ3n) is 1.78. The van der Waals surface area contributed by atoms with Crippen LogP contribution in [0.15, 0.2) is 16.7 Å². The standard InChI is InChI=1S/C8H6BrFN2O/c1-13-7-2-4-6(3-5(7)10)11-12-8(4)9/h2-3H,1H3,(H,11,12). The second kappa shape index (κ2) is 2.99. The number of rotatable bonds is 1. The lowest BCUT2D eigenvalue weighted by atomic mass is 10.2. The highest BCUT2D eigenvalue weighted by Crippen LogP contribution is 2.27. The Morgan fingerprint density at radius 2 is 2.31 bits per heavy atom. The molecule has 0 unspecified atom stereocenters. The van der Waals surface area contributed by atoms with Crippen LogP contribution in [-0.2, 0) is 0 Å². The lowest BCUT2D eigenvalue weighted by Gasteiger charge is -2.00. The highest BCUT2D eigenvalue weighted by Gasteiger charge is 2.08. The minimum Gasteiger partial charge on any atom is -0.494 e. The first-order valence-corrected chi connectivity index (χ1v) is 4.39. The molecule has 0 aliphatic carbocycles. The van der Waals surface area contributed by atoms with Crippen LogP contribution in [0.2, 0.25) is 0 Å². The fourth-order valence-electron chi connectivity index (χ4n) is 1.14. The second-order valence-electron chi connectivity index (χ2n) is 2.54. The first kappa shape index (κ1) is 8.50. The summed E-state index contributed by atoms with van der Waals surface area (Å²) in [5.74, 6) is -0.191. The average Bonchev–Trinajstić information content (AvgIpc) is 2.46. The lowest BCUT2D eigenvalue weighted by Crippen LogP contribution is -1.87. The van der Waals surface area contributed by atoms with Crippen molar-refractivity contribution in [2.24, 2.45) is 0 Å². The van der Waals surface area contributed by atoms with Gasteiger partial charge in [-0.25, -0.2) is 4.39 Å². The van der Waals surface area contributed by atoms with Crippen molar-refractivity contribution in [2.45, 2.75) is 0 Å². The summed E-state index contributed by atoms with van der Waals surface area (Å²) in [6.45, 7) is 0. The third-order valence-corrected chi connectivity index (χ3v) is 2.39. The summed E-state index contributed by atoms with van der Waals surface area (Å²) in [6, 6.07) is 2.92. The molecule has 0 fully saturated rings. The minimum absolute atomic E-state index is 0.217. The SMILES string of the molecule is COc1cc2c(Br)[nH]nc2cc1F. The molecule has 0 spiro atoms. The molecular formula is C8H6BrFN2O. The van der Waals surface area contributed by atoms with Crippen molar-refractivity contribution in [1.29, 1.82) is 0 Å². The molecule has 0 amide bonds. The maximum atomic E-state index is 13.1. The molecule has 1 heterocycles. The first-order chi connectivity index (χ1) is 6.22. The molecule has 1 aromatic carbocycles. The van der Waals surface area contributed by atoms with Crippen LogP contribution in [-0.4, -0.2) is 17.3 Å². The number of methoxy groups -OCH3 is 1. The third kappa shape index (κ3) is 1.29. The number of nitrogens with one attached hydrogen (secondary N) is 1. The Morgan fingerprint density at radius 3 is 3.00 bits per heavy atom. The maximum absolute atomic E-state index is 13.1. The lowest BCUT2D eigenvalue weighted by molar-refractivity contribution is 0.387. The van der Waals surface area contributed by atoms with Crippen molar-refractivity contribution in [3.05, 3.63) is 22.6 Å². The first-order valence-electron chi connectivity index (χ1n) is 3.59. The molecule has 2 aromatic rings. The average molecular weight is 245 g/mol. The zero-order valence-electron chi connectivity index (χ0n) is 6.77. The van der Waals surface area contributed by atoms with E-state index in [0.29, 0.717) is 5.52 Å². The predicted molar refractivity (Wildman–Crippen MR) is 50.3 cm³/mol. The van der Waals surface area contributed by atoms with E-state index in [1.807, 2.05) is 0 Å². The molecular weight excluding hydrogens is 239 g/mol. The molecule has 0 aliphatic rings. The number of benzene rings is 1. The van der Waals surface area contributed by atoms with Crippen molar-refractivity contribution in [3.8, 4) is 5.75 Å². The molecule has 1 N–H and O–H groups in total. The number of hydrogen-bond donors (Lipinski definition) is 1. The smallest absolute Gasteiger partial charge is 0.167 e. The molecule has 0 aliphatic heterocycles. The molecule has 0 saturated carbocycles. The van der Waals surface area contributed by atoms with Crippen molar-refractivity contribution >= 4 is 26.8 Å². The topological polar surface area (TPSA) is 37.9 Å². The van der Waals surface area contributed by atoms with Gasteiger partial charge in [-0.2, -0.15) is 5.10 Å². The molecule has 2 rings (SSSR count). The zero-order valence-corrected chi connectivity index (χ0v) is 8.35. The summed E-state index contributed by atoms with van der Waals surface area (Å²) in [5.41, 5.74) is 0.574. The fourth-order valence-corrected chi connectivity index (χ4v) is 1.54. The summed E-state index contributed by atoms with van der Waals surface area (Å²) in [4.78, 5) is 0. The Morgan fingerprint density at radius 1 is 1.54 bits per heavy atom. The Balaban J connectivity index is 2.77. The molecule has 0 radical (unpaired) electrons. The minimum atomic E-state index is -0.408. The van der Waals surface area contributed by atoms with Gasteiger partial charge >= 0.3 is 0 Å². The maximum Gasteiger partial charge on any atom is 0.167 e. The van der Waals surface area contributed by atoms with Gasteiger partial charge in [-0.1, -0.05) is 0 Å². The summed E-state index contributed by atoms with van der Waals surface area (Å²) >= 11 is 3.26. The highest BCUT2D eigenvalue weighted by molar-refractivity contribution is 9.10. The van der Waals surface area contributed by atoms with Gasteiger partial charge in [0.2, 0.25) is 0 Å². The Labute approximate surface area is 82.0 Å². The van der Waals surface area contributed by atoms with Crippen LogP contribution in [0.3, 0.4) is 0 Å². The van der Waals surface area contributed by atoms with E-state index in [9.17, 15) is 4.39 Å². The van der Waals surface area contributed by atoms with Gasteiger partial charge in [-0.3, -0.25) is 5.10 Å². The van der Waals surface area contributed by atoms with Crippen LogP contribution in [0, 0.1) is 5.82 Å². The van der Waals surface area contributed by atoms with Gasteiger partial charge in [0.05, 0.1) is 12.6 Å². The van der Waals surface area contributed by atoms with Crippen molar-refractivity contribution < 1.29 is 9.13 Å². The van der Waals surface area contributed by atoms with Gasteiger partial charge in [0, 0.05) is 11.5 Å². The zero-order chi connectivity index (χ0) is 9.42. The second-order valence-corrected chi connectivity index (χ2v) is 3.33. The number of hydrogen-bond acceptors (Lipinski definition) is 2. The van der Waals surface area contributed by atoms with Gasteiger partial charge in [-0.15, -0.1) is 0 Å². The van der Waals surface area contributed by atoms with Crippen molar-refractivity contribution in [1.82, 2.24) is 10.2 Å². The van der Waals surface area contributed by atoms with Gasteiger partial charge < -0.3 is 4.74 Å². The number of aromatic amines is 1. The number of ether oxygens (including phenoxy) is 1. The molecule has 0 bridgehead atoms. The number of aromatic nitrogens is 2. The van der Waals surface area contributed by atoms with Crippen LogP contribution >= 0.6 is 15.9 Å². The summed E-state index contributed by atoms with van der Waals surface area (Å²) < 4.78 is 18.7. The van der Waals surface area contributed by atoms with Gasteiger partial charge in [0.1, 0.15) is 4.60 Å². The number of H-pyrrole nitrogens is 1. The Bertz CT molecular complexity index is 455. The van der Waals surface area contributed by atoms with Crippen LogP contribution < -0.4 is 4.74 Å². The van der Waals surface area contributed by atoms with E-state index in [-0.39, 0.29) is 5.75 Å². The number of nitrogens with zero attached hydrogens (tertiary/aromatic N) is 1. The van der Waals surface area contributed by atoms with E-state index in [4.69, 9.17) is 4.74 Å². The predicted octanol–water partition coefficient (Wildman–Crippen LogP) is 2.47. The molecule has 5 heteroatoms. The Kier molecular flexibility index (Phi) is 1.95. The number of halogens is 2. The van der Waals surface area contributed by atoms with Crippen LogP contribution in [0.1, 0.15) is 0 Å². The Hall–Kier alpha value is -1.10. The van der Waals surface area contributed by atoms with E-state index < -0.39 is 5.82 Å². The van der Waals surface area contributed by atoms with Gasteiger partial charge in [-0.05, 0) is 22.0 Å². The van der Waals surface area contributed by atoms with Crippen LogP contribution in [0.4, 0.5) is 4.39 Å². The van der Waals surface area contributed by atoms with Crippen LogP contribution in [0.25, 0.3) is 10.9 Å². The highest BCUT2D eigenvalue weighted by atomic mass is 79.9. The normalized spacial score (nSPS) is 10.7. The molecule has 0 saturated heterocycles. The van der Waals surface area contributed by atoms with Crippen molar-refractivity contribution in [3.63, 3.8) is 0 Å². The van der Waals surface area contributed by atoms with Crippen molar-refractivity contribution in [2.75, 3.05) is 7.11 Å². The summed E-state index contributed by atoms with van der Waals surface area (Å²) in [7, 11) is 1.43. The number of fused-ring (bicyclic) bond motifs is 1. The van der Waals surface area contributed by atoms with Gasteiger partial charge in [0.25, 0.3) is 0 Å². The van der Waals surface area contributed by atoms with E-state index in [1.54, 1.807) is 6.07 Å². The molecule has 68 valence electrons. The largest absolute Gasteiger partial charge is 0.494 e. The van der Waals surface area contributed by atoms with E-state index in [0.717, 1.165) is 9.99 Å². The van der Waals surface area contributed by atoms with E-state index in [1.165, 1.54) is 13.2 Å². The summed E-state index contributed by atoms with van der Waals surface area (Å²) in [6.07, 6.45) is 0. The molecule has 1 aromatic heterocycles. The molecule has 13 heavy (non-hydrogen) atoms. The van der Waals surface area contributed by atoms with E-state index >= 15 is 0 Å². The van der Waals surface area contributed by atoms with Crippen LogP contribution in [0.5, 0.6) is 5.75 Å². The quantitative estimate of drug-likeness (QED) is 0.837. The fraction of sp³-hybridized carbons (Fsp3) is 0.125. The molecule has 3 nitrogen and oxygen atoms in total.